The summed E-state index contributed by atoms with van der Waals surface area (Å²) in [4.78, 5) is 0. The normalized spacial score (nSPS) is 10.3. The number of rotatable bonds is 4. The highest BCUT2D eigenvalue weighted by atomic mass is 19.1. The van der Waals surface area contributed by atoms with Gasteiger partial charge in [-0.05, 0) is 23.8 Å². The number of aryl methyl sites for hydroxylation is 1. The minimum atomic E-state index is -0.481. The van der Waals surface area contributed by atoms with E-state index in [1.54, 1.807) is 16.8 Å². The number of hydrogen-bond acceptors (Lipinski definition) is 3. The molecule has 1 heterocycles. The molecule has 0 bridgehead atoms. The highest BCUT2D eigenvalue weighted by Crippen LogP contribution is 2.09. The lowest BCUT2D eigenvalue weighted by molar-refractivity contribution is 0.619. The van der Waals surface area contributed by atoms with E-state index in [9.17, 15) is 4.39 Å². The molecule has 18 heavy (non-hydrogen) atoms. The SMILES string of the molecule is Cn1ccc(CNCc2ccc(F)c(C#N)c2)n1. The molecule has 2 aromatic rings. The van der Waals surface area contributed by atoms with Crippen molar-refractivity contribution in [1.29, 1.82) is 5.26 Å². The van der Waals surface area contributed by atoms with Gasteiger partial charge < -0.3 is 5.32 Å². The first-order chi connectivity index (χ1) is 8.69. The van der Waals surface area contributed by atoms with Crippen LogP contribution in [-0.2, 0) is 20.1 Å². The molecule has 0 saturated heterocycles. The molecular weight excluding hydrogens is 231 g/mol. The van der Waals surface area contributed by atoms with E-state index in [4.69, 9.17) is 5.26 Å². The van der Waals surface area contributed by atoms with E-state index in [2.05, 4.69) is 10.4 Å². The quantitative estimate of drug-likeness (QED) is 0.891. The van der Waals surface area contributed by atoms with Crippen molar-refractivity contribution in [2.24, 2.45) is 7.05 Å². The molecule has 92 valence electrons. The Morgan fingerprint density at radius 1 is 1.39 bits per heavy atom. The molecule has 0 spiro atoms. The molecule has 0 radical (unpaired) electrons. The minimum Gasteiger partial charge on any atom is -0.307 e. The number of aromatic nitrogens is 2. The lowest BCUT2D eigenvalue weighted by Gasteiger charge is -2.04. The summed E-state index contributed by atoms with van der Waals surface area (Å²) < 4.78 is 14.8. The molecule has 1 aromatic heterocycles. The molecule has 0 amide bonds. The maximum atomic E-state index is 13.1. The van der Waals surface area contributed by atoms with Crippen LogP contribution in [0.1, 0.15) is 16.8 Å². The minimum absolute atomic E-state index is 0.0761. The molecule has 2 rings (SSSR count). The van der Waals surface area contributed by atoms with Crippen molar-refractivity contribution in [2.75, 3.05) is 0 Å². The highest BCUT2D eigenvalue weighted by Gasteiger charge is 2.03. The van der Waals surface area contributed by atoms with Gasteiger partial charge in [-0.15, -0.1) is 0 Å². The predicted molar refractivity (Wildman–Crippen MR) is 64.9 cm³/mol. The first-order valence-corrected chi connectivity index (χ1v) is 5.57. The number of hydrogen-bond donors (Lipinski definition) is 1. The highest BCUT2D eigenvalue weighted by molar-refractivity contribution is 5.34. The molecule has 5 heteroatoms. The summed E-state index contributed by atoms with van der Waals surface area (Å²) in [6.07, 6.45) is 1.88. The first-order valence-electron chi connectivity index (χ1n) is 5.57. The standard InChI is InChI=1S/C13H13FN4/c1-18-5-4-12(17-18)9-16-8-10-2-3-13(14)11(6-10)7-15/h2-6,16H,8-9H2,1H3. The Bertz CT molecular complexity index is 583. The Morgan fingerprint density at radius 3 is 2.89 bits per heavy atom. The van der Waals surface area contributed by atoms with Gasteiger partial charge in [-0.1, -0.05) is 6.07 Å². The molecule has 0 aliphatic rings. The number of nitriles is 1. The van der Waals surface area contributed by atoms with Crippen LogP contribution in [0, 0.1) is 17.1 Å². The van der Waals surface area contributed by atoms with E-state index in [-0.39, 0.29) is 5.56 Å². The second kappa shape index (κ2) is 5.43. The van der Waals surface area contributed by atoms with Gasteiger partial charge in [-0.3, -0.25) is 4.68 Å². The zero-order valence-corrected chi connectivity index (χ0v) is 10.0. The number of nitrogens with zero attached hydrogens (tertiary/aromatic N) is 3. The zero-order valence-electron chi connectivity index (χ0n) is 10.0. The van der Waals surface area contributed by atoms with Gasteiger partial charge in [0.05, 0.1) is 11.3 Å². The second-order valence-electron chi connectivity index (χ2n) is 4.01. The van der Waals surface area contributed by atoms with Gasteiger partial charge in [0, 0.05) is 26.3 Å². The smallest absolute Gasteiger partial charge is 0.140 e. The van der Waals surface area contributed by atoms with Crippen molar-refractivity contribution >= 4 is 0 Å². The maximum Gasteiger partial charge on any atom is 0.140 e. The largest absolute Gasteiger partial charge is 0.307 e. The fourth-order valence-electron chi connectivity index (χ4n) is 1.66. The third kappa shape index (κ3) is 2.93. The molecular formula is C13H13FN4. The Balaban J connectivity index is 1.93. The van der Waals surface area contributed by atoms with Crippen molar-refractivity contribution in [3.8, 4) is 6.07 Å². The van der Waals surface area contributed by atoms with Crippen molar-refractivity contribution in [3.63, 3.8) is 0 Å². The summed E-state index contributed by atoms with van der Waals surface area (Å²) in [6.45, 7) is 1.21. The number of benzene rings is 1. The fourth-order valence-corrected chi connectivity index (χ4v) is 1.66. The number of halogens is 1. The van der Waals surface area contributed by atoms with Crippen LogP contribution in [0.4, 0.5) is 4.39 Å². The Kier molecular flexibility index (Phi) is 3.70. The van der Waals surface area contributed by atoms with Gasteiger partial charge in [-0.2, -0.15) is 10.4 Å². The molecule has 0 atom stereocenters. The average Bonchev–Trinajstić information content (AvgIpc) is 2.77. The van der Waals surface area contributed by atoms with Crippen LogP contribution in [0.25, 0.3) is 0 Å². The van der Waals surface area contributed by atoms with Crippen LogP contribution < -0.4 is 5.32 Å². The topological polar surface area (TPSA) is 53.6 Å². The third-order valence-electron chi connectivity index (χ3n) is 2.56. The Morgan fingerprint density at radius 2 is 2.22 bits per heavy atom. The Labute approximate surface area is 105 Å². The van der Waals surface area contributed by atoms with Crippen molar-refractivity contribution in [1.82, 2.24) is 15.1 Å². The Hall–Kier alpha value is -2.19. The number of nitrogens with one attached hydrogen (secondary N) is 1. The van der Waals surface area contributed by atoms with Gasteiger partial charge in [0.15, 0.2) is 0 Å². The predicted octanol–water partition coefficient (Wildman–Crippen LogP) is 1.72. The summed E-state index contributed by atoms with van der Waals surface area (Å²) >= 11 is 0. The van der Waals surface area contributed by atoms with E-state index in [1.807, 2.05) is 25.4 Å². The second-order valence-corrected chi connectivity index (χ2v) is 4.01. The van der Waals surface area contributed by atoms with Crippen LogP contribution in [0.2, 0.25) is 0 Å². The van der Waals surface area contributed by atoms with Gasteiger partial charge >= 0.3 is 0 Å². The van der Waals surface area contributed by atoms with Gasteiger partial charge in [0.25, 0.3) is 0 Å². The monoisotopic (exact) mass is 244 g/mol. The molecule has 1 N–H and O–H groups in total. The third-order valence-corrected chi connectivity index (χ3v) is 2.56. The van der Waals surface area contributed by atoms with Crippen LogP contribution in [0.5, 0.6) is 0 Å². The first kappa shape index (κ1) is 12.3. The molecule has 1 aromatic carbocycles. The zero-order chi connectivity index (χ0) is 13.0. The summed E-state index contributed by atoms with van der Waals surface area (Å²) in [5.74, 6) is -0.481. The maximum absolute atomic E-state index is 13.1. The van der Waals surface area contributed by atoms with E-state index >= 15 is 0 Å². The van der Waals surface area contributed by atoms with Gasteiger partial charge in [-0.25, -0.2) is 4.39 Å². The van der Waals surface area contributed by atoms with Gasteiger partial charge in [0.1, 0.15) is 11.9 Å². The van der Waals surface area contributed by atoms with Crippen molar-refractivity contribution < 1.29 is 4.39 Å². The lowest BCUT2D eigenvalue weighted by Crippen LogP contribution is -2.13. The van der Waals surface area contributed by atoms with Crippen LogP contribution in [-0.4, -0.2) is 9.78 Å². The molecule has 0 saturated carbocycles. The van der Waals surface area contributed by atoms with Crippen LogP contribution >= 0.6 is 0 Å². The average molecular weight is 244 g/mol. The molecule has 4 nitrogen and oxygen atoms in total. The summed E-state index contributed by atoms with van der Waals surface area (Å²) in [5.41, 5.74) is 1.90. The van der Waals surface area contributed by atoms with E-state index in [0.717, 1.165) is 11.3 Å². The summed E-state index contributed by atoms with van der Waals surface area (Å²) in [5, 5.41) is 16.2. The fraction of sp³-hybridized carbons (Fsp3) is 0.231. The van der Waals surface area contributed by atoms with Crippen molar-refractivity contribution in [3.05, 3.63) is 53.1 Å². The lowest BCUT2D eigenvalue weighted by atomic mass is 10.1. The molecule has 0 fully saturated rings. The van der Waals surface area contributed by atoms with Crippen LogP contribution in [0.15, 0.2) is 30.5 Å². The van der Waals surface area contributed by atoms with E-state index in [1.165, 1.54) is 6.07 Å². The summed E-state index contributed by atoms with van der Waals surface area (Å²) in [6, 6.07) is 8.30. The molecule has 0 aliphatic carbocycles. The van der Waals surface area contributed by atoms with Crippen LogP contribution in [0.3, 0.4) is 0 Å². The van der Waals surface area contributed by atoms with Crippen molar-refractivity contribution in [2.45, 2.75) is 13.1 Å². The summed E-state index contributed by atoms with van der Waals surface area (Å²) in [7, 11) is 1.86. The molecule has 0 unspecified atom stereocenters. The van der Waals surface area contributed by atoms with Gasteiger partial charge in [0.2, 0.25) is 0 Å². The van der Waals surface area contributed by atoms with E-state index in [0.29, 0.717) is 13.1 Å². The molecule has 0 aliphatic heterocycles. The van der Waals surface area contributed by atoms with E-state index < -0.39 is 5.82 Å².